The van der Waals surface area contributed by atoms with Gasteiger partial charge in [0.15, 0.2) is 5.82 Å². The number of nitrogens with zero attached hydrogens (tertiary/aromatic N) is 3. The number of hydrogen-bond acceptors (Lipinski definition) is 4. The van der Waals surface area contributed by atoms with Crippen LogP contribution >= 0.6 is 15.9 Å². The van der Waals surface area contributed by atoms with Crippen LogP contribution in [-0.4, -0.2) is 35.2 Å². The van der Waals surface area contributed by atoms with Crippen molar-refractivity contribution in [1.82, 2.24) is 15.5 Å². The number of nitrogens with one attached hydrogen (secondary N) is 1. The summed E-state index contributed by atoms with van der Waals surface area (Å²) in [6, 6.07) is 10.3. The number of carbonyl (C=O) groups excluding carboxylic acids is 1. The van der Waals surface area contributed by atoms with Crippen molar-refractivity contribution in [2.75, 3.05) is 18.0 Å². The van der Waals surface area contributed by atoms with E-state index in [0.29, 0.717) is 0 Å². The Morgan fingerprint density at radius 2 is 1.86 bits per heavy atom. The lowest BCUT2D eigenvalue weighted by atomic mass is 9.96. The van der Waals surface area contributed by atoms with Crippen LogP contribution in [0.4, 0.5) is 5.82 Å². The molecule has 2 aliphatic rings. The number of amides is 1. The second kappa shape index (κ2) is 8.86. The van der Waals surface area contributed by atoms with E-state index in [1.807, 2.05) is 30.3 Å². The number of anilines is 1. The van der Waals surface area contributed by atoms with Crippen molar-refractivity contribution in [3.63, 3.8) is 0 Å². The number of aryl methyl sites for hydroxylation is 2. The molecule has 28 heavy (non-hydrogen) atoms. The summed E-state index contributed by atoms with van der Waals surface area (Å²) in [4.78, 5) is 14.5. The lowest BCUT2D eigenvalue weighted by Gasteiger charge is -2.33. The number of carbonyl (C=O) groups is 1. The largest absolute Gasteiger partial charge is 0.355 e. The second-order valence-electron chi connectivity index (χ2n) is 7.54. The Labute approximate surface area is 174 Å². The fourth-order valence-electron chi connectivity index (χ4n) is 3.88. The number of halogens is 1. The zero-order valence-electron chi connectivity index (χ0n) is 15.9. The summed E-state index contributed by atoms with van der Waals surface area (Å²) in [6.45, 7) is 1.80. The first kappa shape index (κ1) is 19.1. The van der Waals surface area contributed by atoms with E-state index in [1.54, 1.807) is 6.08 Å². The third-order valence-corrected chi connectivity index (χ3v) is 6.05. The van der Waals surface area contributed by atoms with Crippen LogP contribution in [0.5, 0.6) is 0 Å². The van der Waals surface area contributed by atoms with Crippen molar-refractivity contribution in [1.29, 1.82) is 0 Å². The molecule has 2 heterocycles. The molecule has 4 rings (SSSR count). The van der Waals surface area contributed by atoms with E-state index in [4.69, 9.17) is 0 Å². The predicted octanol–water partition coefficient (Wildman–Crippen LogP) is 3.92. The molecule has 5 nitrogen and oxygen atoms in total. The van der Waals surface area contributed by atoms with Crippen molar-refractivity contribution >= 4 is 33.7 Å². The third-order valence-electron chi connectivity index (χ3n) is 5.52. The maximum atomic E-state index is 12.2. The minimum absolute atomic E-state index is 0.0325. The van der Waals surface area contributed by atoms with Gasteiger partial charge >= 0.3 is 0 Å². The Morgan fingerprint density at radius 3 is 2.64 bits per heavy atom. The first-order valence-electron chi connectivity index (χ1n) is 10.0. The average molecular weight is 441 g/mol. The molecular formula is C22H25BrN4O. The van der Waals surface area contributed by atoms with Crippen molar-refractivity contribution in [3.8, 4) is 0 Å². The Kier molecular flexibility index (Phi) is 6.05. The standard InChI is InChI=1S/C22H25BrN4O/c23-18-8-5-16(6-9-18)7-10-22(28)24-19-11-13-27(14-12-19)21-15-17-3-1-2-4-20(17)25-26-21/h5-10,15,19H,1-4,11-14H2,(H,24,28)/b10-7+. The summed E-state index contributed by atoms with van der Waals surface area (Å²) < 4.78 is 1.03. The van der Waals surface area contributed by atoms with Crippen molar-refractivity contribution in [2.24, 2.45) is 0 Å². The molecule has 1 N–H and O–H groups in total. The van der Waals surface area contributed by atoms with Crippen molar-refractivity contribution < 1.29 is 4.79 Å². The Hall–Kier alpha value is -2.21. The van der Waals surface area contributed by atoms with E-state index in [1.165, 1.54) is 24.1 Å². The van der Waals surface area contributed by atoms with Gasteiger partial charge in [0.25, 0.3) is 0 Å². The quantitative estimate of drug-likeness (QED) is 0.731. The molecule has 1 aromatic heterocycles. The van der Waals surface area contributed by atoms with Crippen LogP contribution in [0, 0.1) is 0 Å². The molecule has 1 aliphatic carbocycles. The fraction of sp³-hybridized carbons (Fsp3) is 0.409. The maximum Gasteiger partial charge on any atom is 0.244 e. The van der Waals surface area contributed by atoms with Crippen LogP contribution in [0.1, 0.15) is 42.5 Å². The number of benzene rings is 1. The summed E-state index contributed by atoms with van der Waals surface area (Å²) in [6.07, 6.45) is 9.97. The van der Waals surface area contributed by atoms with Crippen molar-refractivity contribution in [3.05, 3.63) is 57.7 Å². The van der Waals surface area contributed by atoms with Crippen LogP contribution < -0.4 is 10.2 Å². The average Bonchev–Trinajstić information content (AvgIpc) is 2.73. The summed E-state index contributed by atoms with van der Waals surface area (Å²) in [5, 5.41) is 12.0. The van der Waals surface area contributed by atoms with Gasteiger partial charge in [-0.2, -0.15) is 5.10 Å². The molecule has 1 aliphatic heterocycles. The zero-order chi connectivity index (χ0) is 19.3. The van der Waals surface area contributed by atoms with Crippen LogP contribution in [0.2, 0.25) is 0 Å². The van der Waals surface area contributed by atoms with Crippen molar-refractivity contribution in [2.45, 2.75) is 44.6 Å². The Morgan fingerprint density at radius 1 is 1.11 bits per heavy atom. The Balaban J connectivity index is 1.28. The van der Waals surface area contributed by atoms with Crippen LogP contribution in [0.15, 0.2) is 40.9 Å². The first-order valence-corrected chi connectivity index (χ1v) is 10.8. The lowest BCUT2D eigenvalue weighted by molar-refractivity contribution is -0.117. The number of rotatable bonds is 4. The smallest absolute Gasteiger partial charge is 0.244 e. The minimum atomic E-state index is -0.0325. The summed E-state index contributed by atoms with van der Waals surface area (Å²) in [7, 11) is 0. The zero-order valence-corrected chi connectivity index (χ0v) is 17.5. The number of fused-ring (bicyclic) bond motifs is 1. The van der Waals surface area contributed by atoms with Gasteiger partial charge in [0, 0.05) is 29.7 Å². The van der Waals surface area contributed by atoms with Gasteiger partial charge in [-0.3, -0.25) is 4.79 Å². The molecule has 1 fully saturated rings. The Bertz CT molecular complexity index is 857. The molecule has 0 spiro atoms. The molecule has 0 saturated carbocycles. The van der Waals surface area contributed by atoms with E-state index >= 15 is 0 Å². The molecular weight excluding hydrogens is 416 g/mol. The van der Waals surface area contributed by atoms with Crippen LogP contribution in [-0.2, 0) is 17.6 Å². The maximum absolute atomic E-state index is 12.2. The van der Waals surface area contributed by atoms with E-state index < -0.39 is 0 Å². The summed E-state index contributed by atoms with van der Waals surface area (Å²) in [5.74, 6) is 0.954. The van der Waals surface area contributed by atoms with E-state index in [9.17, 15) is 4.79 Å². The summed E-state index contributed by atoms with van der Waals surface area (Å²) in [5.41, 5.74) is 3.55. The van der Waals surface area contributed by atoms with Gasteiger partial charge in [-0.25, -0.2) is 0 Å². The second-order valence-corrected chi connectivity index (χ2v) is 8.45. The van der Waals surface area contributed by atoms with Crippen LogP contribution in [0.25, 0.3) is 6.08 Å². The normalized spacial score (nSPS) is 17.5. The van der Waals surface area contributed by atoms with E-state index in [2.05, 4.69) is 42.4 Å². The molecule has 1 amide bonds. The number of hydrogen-bond donors (Lipinski definition) is 1. The number of piperidine rings is 1. The fourth-order valence-corrected chi connectivity index (χ4v) is 4.15. The molecule has 6 heteroatoms. The molecule has 1 saturated heterocycles. The monoisotopic (exact) mass is 440 g/mol. The molecule has 0 radical (unpaired) electrons. The highest BCUT2D eigenvalue weighted by Gasteiger charge is 2.22. The van der Waals surface area contributed by atoms with Gasteiger partial charge in [0.1, 0.15) is 0 Å². The van der Waals surface area contributed by atoms with E-state index in [-0.39, 0.29) is 11.9 Å². The molecule has 0 unspecified atom stereocenters. The van der Waals surface area contributed by atoms with Gasteiger partial charge in [-0.05, 0) is 73.9 Å². The van der Waals surface area contributed by atoms with E-state index in [0.717, 1.165) is 54.6 Å². The highest BCUT2D eigenvalue weighted by atomic mass is 79.9. The molecule has 0 bridgehead atoms. The molecule has 146 valence electrons. The van der Waals surface area contributed by atoms with Gasteiger partial charge in [0.2, 0.25) is 5.91 Å². The third kappa shape index (κ3) is 4.79. The summed E-state index contributed by atoms with van der Waals surface area (Å²) >= 11 is 3.42. The highest BCUT2D eigenvalue weighted by molar-refractivity contribution is 9.10. The van der Waals surface area contributed by atoms with Gasteiger partial charge in [-0.1, -0.05) is 28.1 Å². The molecule has 2 aromatic rings. The molecule has 1 aromatic carbocycles. The van der Waals surface area contributed by atoms with Gasteiger partial charge < -0.3 is 10.2 Å². The van der Waals surface area contributed by atoms with Crippen LogP contribution in [0.3, 0.4) is 0 Å². The lowest BCUT2D eigenvalue weighted by Crippen LogP contribution is -2.44. The predicted molar refractivity (Wildman–Crippen MR) is 115 cm³/mol. The first-order chi connectivity index (χ1) is 13.7. The SMILES string of the molecule is O=C(/C=C/c1ccc(Br)cc1)NC1CCN(c2cc3c(nn2)CCCC3)CC1. The highest BCUT2D eigenvalue weighted by Crippen LogP contribution is 2.24. The topological polar surface area (TPSA) is 58.1 Å². The van der Waals surface area contributed by atoms with Gasteiger partial charge in [0.05, 0.1) is 5.69 Å². The van der Waals surface area contributed by atoms with Gasteiger partial charge in [-0.15, -0.1) is 5.10 Å². The number of aromatic nitrogens is 2. The minimum Gasteiger partial charge on any atom is -0.355 e. The molecule has 0 atom stereocenters.